The summed E-state index contributed by atoms with van der Waals surface area (Å²) >= 11 is 0. The number of cyclic esters (lactones) is 1. The highest BCUT2D eigenvalue weighted by Gasteiger charge is 2.56. The van der Waals surface area contributed by atoms with E-state index in [0.717, 1.165) is 16.5 Å². The number of carbonyl (C=O) groups is 4. The summed E-state index contributed by atoms with van der Waals surface area (Å²) in [4.78, 5) is 58.4. The third-order valence-electron chi connectivity index (χ3n) is 14.9. The van der Waals surface area contributed by atoms with E-state index in [2.05, 4.69) is 18.1 Å². The van der Waals surface area contributed by atoms with Gasteiger partial charge in [-0.2, -0.15) is 0 Å². The molecule has 2 saturated heterocycles. The lowest BCUT2D eigenvalue weighted by molar-refractivity contribution is -0.302. The second kappa shape index (κ2) is 23.0. The second-order valence-corrected chi connectivity index (χ2v) is 20.0. The largest absolute Gasteiger partial charge is 0.488 e. The van der Waals surface area contributed by atoms with Gasteiger partial charge in [0.15, 0.2) is 0 Å². The number of ether oxygens (including phenoxy) is 5. The smallest absolute Gasteiger partial charge is 0.329 e. The van der Waals surface area contributed by atoms with Crippen LogP contribution in [0.4, 0.5) is 0 Å². The van der Waals surface area contributed by atoms with E-state index in [0.29, 0.717) is 69.2 Å². The topological polar surface area (TPSA) is 183 Å². The number of ketones is 2. The number of nitrogens with zero attached hydrogens (tertiary/aromatic N) is 2. The second-order valence-electron chi connectivity index (χ2n) is 20.0. The van der Waals surface area contributed by atoms with Gasteiger partial charge in [0.25, 0.3) is 11.7 Å². The number of Topliss-reactive ketones (excluding diaryl/α,β-unsaturated/α-hetero) is 2. The molecule has 14 nitrogen and oxygen atoms in total. The van der Waals surface area contributed by atoms with Crippen LogP contribution in [0, 0.1) is 29.6 Å². The quantitative estimate of drug-likeness (QED) is 0.133. The van der Waals surface area contributed by atoms with Gasteiger partial charge in [-0.05, 0) is 120 Å². The van der Waals surface area contributed by atoms with Crippen LogP contribution in [0.2, 0.25) is 0 Å². The molecule has 0 spiro atoms. The average molecular weight is 933 g/mol. The van der Waals surface area contributed by atoms with Gasteiger partial charge in [0.05, 0.1) is 24.4 Å². The molecule has 370 valence electrons. The van der Waals surface area contributed by atoms with Crippen molar-refractivity contribution in [2.75, 3.05) is 20.8 Å². The lowest BCUT2D eigenvalue weighted by atomic mass is 9.81. The molecule has 1 aromatic heterocycles. The van der Waals surface area contributed by atoms with Crippen molar-refractivity contribution in [3.05, 3.63) is 66.4 Å². The molecule has 6 rings (SSSR count). The fourth-order valence-electron chi connectivity index (χ4n) is 11.0. The molecular weight excluding hydrogens is 857 g/mol. The van der Waals surface area contributed by atoms with Crippen LogP contribution < -0.4 is 4.74 Å². The SMILES string of the molecule is C=CCn1ccc2cc(OC3CCC(C=C(C)C4OC(=O)C5CCCCN5C(=O)C(=O)C5(O)OC(C(OC)CC(C)C/C(C)=C/C(CC)C(=O)CC(O)C4C)C(OC)CC5C)CC3O)ccc21. The van der Waals surface area contributed by atoms with Crippen LogP contribution in [0.5, 0.6) is 5.75 Å². The molecule has 14 unspecified atom stereocenters. The zero-order valence-corrected chi connectivity index (χ0v) is 40.9. The van der Waals surface area contributed by atoms with Crippen LogP contribution in [0.15, 0.2) is 66.4 Å². The summed E-state index contributed by atoms with van der Waals surface area (Å²) in [6.45, 7) is 15.8. The predicted molar refractivity (Wildman–Crippen MR) is 254 cm³/mol. The van der Waals surface area contributed by atoms with Gasteiger partial charge in [0.1, 0.15) is 35.9 Å². The van der Waals surface area contributed by atoms with Crippen LogP contribution >= 0.6 is 0 Å². The Labute approximate surface area is 396 Å². The molecule has 1 saturated carbocycles. The van der Waals surface area contributed by atoms with E-state index < -0.39 is 90.0 Å². The monoisotopic (exact) mass is 933 g/mol. The van der Waals surface area contributed by atoms with Crippen molar-refractivity contribution in [1.82, 2.24) is 9.47 Å². The molecular formula is C53H76N2O12. The van der Waals surface area contributed by atoms with Gasteiger partial charge in [0, 0.05) is 68.6 Å². The summed E-state index contributed by atoms with van der Waals surface area (Å²) in [6, 6.07) is 6.75. The minimum atomic E-state index is -2.52. The molecule has 2 aromatic rings. The molecule has 2 bridgehead atoms. The number of piperidine rings is 1. The summed E-state index contributed by atoms with van der Waals surface area (Å²) in [6.07, 6.45) is 6.84. The number of esters is 1. The van der Waals surface area contributed by atoms with Crippen molar-refractivity contribution in [3.63, 3.8) is 0 Å². The van der Waals surface area contributed by atoms with Gasteiger partial charge in [-0.15, -0.1) is 6.58 Å². The Bertz CT molecular complexity index is 2130. The Balaban J connectivity index is 1.28. The van der Waals surface area contributed by atoms with Crippen LogP contribution in [0.1, 0.15) is 112 Å². The highest BCUT2D eigenvalue weighted by molar-refractivity contribution is 6.39. The highest BCUT2D eigenvalue weighted by atomic mass is 16.7. The van der Waals surface area contributed by atoms with E-state index in [1.807, 2.05) is 69.5 Å². The molecule has 14 atom stereocenters. The lowest BCUT2D eigenvalue weighted by Gasteiger charge is -2.47. The number of aliphatic hydroxyl groups excluding tert-OH is 2. The summed E-state index contributed by atoms with van der Waals surface area (Å²) in [5.41, 5.74) is 2.68. The fourth-order valence-corrected chi connectivity index (χ4v) is 11.0. The van der Waals surface area contributed by atoms with Gasteiger partial charge in [0.2, 0.25) is 5.79 Å². The Morgan fingerprint density at radius 2 is 1.67 bits per heavy atom. The molecule has 1 aromatic carbocycles. The van der Waals surface area contributed by atoms with Gasteiger partial charge < -0.3 is 48.5 Å². The van der Waals surface area contributed by atoms with Gasteiger partial charge in [-0.1, -0.05) is 51.5 Å². The molecule has 14 heteroatoms. The third kappa shape index (κ3) is 12.0. The van der Waals surface area contributed by atoms with Gasteiger partial charge in [-0.25, -0.2) is 4.79 Å². The minimum absolute atomic E-state index is 0.0207. The third-order valence-corrected chi connectivity index (χ3v) is 14.9. The van der Waals surface area contributed by atoms with Crippen molar-refractivity contribution in [2.24, 2.45) is 29.6 Å². The van der Waals surface area contributed by atoms with Crippen LogP contribution in [-0.2, 0) is 44.7 Å². The van der Waals surface area contributed by atoms with E-state index in [4.69, 9.17) is 23.7 Å². The zero-order valence-electron chi connectivity index (χ0n) is 40.9. The number of hydrogen-bond acceptors (Lipinski definition) is 12. The van der Waals surface area contributed by atoms with E-state index in [-0.39, 0.29) is 43.4 Å². The Kier molecular flexibility index (Phi) is 17.9. The fraction of sp³-hybridized carbons (Fsp3) is 0.660. The first-order chi connectivity index (χ1) is 31.9. The number of aromatic nitrogens is 1. The molecule has 3 aliphatic heterocycles. The van der Waals surface area contributed by atoms with Crippen LogP contribution in [-0.4, -0.2) is 124 Å². The van der Waals surface area contributed by atoms with E-state index in [9.17, 15) is 34.5 Å². The van der Waals surface area contributed by atoms with E-state index in [1.54, 1.807) is 13.8 Å². The first-order valence-corrected chi connectivity index (χ1v) is 24.5. The summed E-state index contributed by atoms with van der Waals surface area (Å²) < 4.78 is 32.8. The Hall–Kier alpha value is -4.18. The number of amides is 1. The summed E-state index contributed by atoms with van der Waals surface area (Å²) in [5, 5.41) is 36.4. The van der Waals surface area contributed by atoms with Crippen LogP contribution in [0.3, 0.4) is 0 Å². The molecule has 1 aliphatic carbocycles. The maximum Gasteiger partial charge on any atom is 0.329 e. The Morgan fingerprint density at radius 1 is 0.940 bits per heavy atom. The molecule has 1 amide bonds. The Morgan fingerprint density at radius 3 is 2.36 bits per heavy atom. The number of rotatable bonds is 9. The maximum absolute atomic E-state index is 14.5. The highest BCUT2D eigenvalue weighted by Crippen LogP contribution is 2.40. The predicted octanol–water partition coefficient (Wildman–Crippen LogP) is 7.05. The first-order valence-electron chi connectivity index (χ1n) is 24.5. The molecule has 0 radical (unpaired) electrons. The molecule has 3 fully saturated rings. The van der Waals surface area contributed by atoms with Crippen molar-refractivity contribution in [2.45, 2.75) is 173 Å². The standard InChI is InChI=1S/C53H76N2O12/c1-10-20-54-22-19-38-29-39(16-17-40(38)54)65-45-18-15-36(28-44(45)58)26-33(5)48-35(7)42(56)30-43(57)37(11-2)24-31(3)23-32(4)25-46(63-8)49-47(64-9)27-34(6)53(62,67-49)50(59)51(60)55-21-13-12-14-41(55)52(61)66-48/h10,16-17,19,22,24,26,29,32,34-37,41-42,44-49,56,58,62H,1,11-15,18,20-21,23,25,27-28,30H2,2-9H3/b31-24+,33-26?. The van der Waals surface area contributed by atoms with Crippen LogP contribution in [0.25, 0.3) is 10.9 Å². The number of fused-ring (bicyclic) bond motifs is 4. The summed E-state index contributed by atoms with van der Waals surface area (Å²) in [7, 11) is 3.07. The number of allylic oxidation sites excluding steroid dienone is 4. The van der Waals surface area contributed by atoms with Crippen molar-refractivity contribution >= 4 is 34.3 Å². The molecule has 67 heavy (non-hydrogen) atoms. The number of hydrogen-bond donors (Lipinski definition) is 3. The van der Waals surface area contributed by atoms with Gasteiger partial charge >= 0.3 is 5.97 Å². The number of carbonyl (C=O) groups excluding carboxylic acids is 4. The van der Waals surface area contributed by atoms with Crippen molar-refractivity contribution < 1.29 is 58.2 Å². The van der Waals surface area contributed by atoms with E-state index in [1.165, 1.54) is 19.1 Å². The molecule has 3 N–H and O–H groups in total. The number of methoxy groups -OCH3 is 2. The van der Waals surface area contributed by atoms with E-state index >= 15 is 0 Å². The average Bonchev–Trinajstić information content (AvgIpc) is 3.71. The summed E-state index contributed by atoms with van der Waals surface area (Å²) in [5.74, 6) is -7.12. The minimum Gasteiger partial charge on any atom is -0.488 e. The molecule has 4 heterocycles. The normalized spacial score (nSPS) is 36.6. The number of benzene rings is 1. The first kappa shape index (κ1) is 52.2. The number of aliphatic hydroxyl groups is 3. The van der Waals surface area contributed by atoms with Crippen molar-refractivity contribution in [1.29, 1.82) is 0 Å². The van der Waals surface area contributed by atoms with Gasteiger partial charge in [-0.3, -0.25) is 14.4 Å². The molecule has 4 aliphatic rings. The zero-order chi connectivity index (χ0) is 48.7. The lowest BCUT2D eigenvalue weighted by Crippen LogP contribution is -2.64. The maximum atomic E-state index is 14.5. The van der Waals surface area contributed by atoms with Crippen molar-refractivity contribution in [3.8, 4) is 5.75 Å².